The van der Waals surface area contributed by atoms with Crippen LogP contribution in [0.5, 0.6) is 0 Å². The molecular weight excluding hydrogens is 206 g/mol. The van der Waals surface area contributed by atoms with Crippen molar-refractivity contribution in [1.29, 1.82) is 0 Å². The number of hydrogen-bond acceptors (Lipinski definition) is 3. The topological polar surface area (TPSA) is 58.6 Å². The molecule has 0 saturated carbocycles. The molecule has 0 heterocycles. The maximum atomic E-state index is 11.1. The van der Waals surface area contributed by atoms with E-state index in [0.29, 0.717) is 32.1 Å². The van der Waals surface area contributed by atoms with Crippen molar-refractivity contribution in [1.82, 2.24) is 5.32 Å². The summed E-state index contributed by atoms with van der Waals surface area (Å²) >= 11 is 0. The van der Waals surface area contributed by atoms with E-state index < -0.39 is 11.5 Å². The number of carboxylic acid groups (broad SMARTS) is 1. The Bertz CT molecular complexity index is 206. The van der Waals surface area contributed by atoms with Crippen molar-refractivity contribution in [3.8, 4) is 0 Å². The molecule has 0 amide bonds. The summed E-state index contributed by atoms with van der Waals surface area (Å²) in [4.78, 5) is 11.1. The first kappa shape index (κ1) is 15.4. The molecule has 0 radical (unpaired) electrons. The average Bonchev–Trinajstić information content (AvgIpc) is 2.17. The Hall–Kier alpha value is -0.610. The summed E-state index contributed by atoms with van der Waals surface area (Å²) in [5.74, 6) is -0.193. The zero-order valence-electron chi connectivity index (χ0n) is 10.9. The number of hydrogen-bond donors (Lipinski definition) is 2. The summed E-state index contributed by atoms with van der Waals surface area (Å²) in [6, 6.07) is 0. The van der Waals surface area contributed by atoms with Crippen LogP contribution in [0.2, 0.25) is 0 Å². The molecule has 4 heteroatoms. The lowest BCUT2D eigenvalue weighted by Gasteiger charge is -2.25. The summed E-state index contributed by atoms with van der Waals surface area (Å²) in [6.07, 6.45) is 1.51. The van der Waals surface area contributed by atoms with Gasteiger partial charge in [0.1, 0.15) is 5.54 Å². The van der Waals surface area contributed by atoms with E-state index in [-0.39, 0.29) is 0 Å². The minimum absolute atomic E-state index is 0.489. The number of likely N-dealkylation sites (N-methyl/N-ethyl adjacent to an activating group) is 1. The zero-order chi connectivity index (χ0) is 12.6. The predicted octanol–water partition coefficient (Wildman–Crippen LogP) is 1.89. The van der Waals surface area contributed by atoms with Crippen LogP contribution in [0.4, 0.5) is 0 Å². The normalized spacial score (nSPS) is 15.1. The van der Waals surface area contributed by atoms with Gasteiger partial charge in [0.15, 0.2) is 0 Å². The Morgan fingerprint density at radius 2 is 2.06 bits per heavy atom. The van der Waals surface area contributed by atoms with Crippen LogP contribution in [0.15, 0.2) is 0 Å². The van der Waals surface area contributed by atoms with Gasteiger partial charge in [-0.3, -0.25) is 4.79 Å². The number of nitrogens with one attached hydrogen (secondary N) is 1. The smallest absolute Gasteiger partial charge is 0.323 e. The Labute approximate surface area is 98.4 Å². The number of ether oxygens (including phenoxy) is 1. The maximum Gasteiger partial charge on any atom is 0.323 e. The van der Waals surface area contributed by atoms with Crippen LogP contribution in [0.3, 0.4) is 0 Å². The minimum Gasteiger partial charge on any atom is -0.480 e. The molecule has 1 atom stereocenters. The second kappa shape index (κ2) is 7.63. The second-order valence-electron chi connectivity index (χ2n) is 4.71. The number of rotatable bonds is 9. The fraction of sp³-hybridized carbons (Fsp3) is 0.917. The largest absolute Gasteiger partial charge is 0.480 e. The van der Waals surface area contributed by atoms with Crippen LogP contribution < -0.4 is 5.32 Å². The molecule has 0 aromatic carbocycles. The monoisotopic (exact) mass is 231 g/mol. The molecule has 0 aliphatic carbocycles. The summed E-state index contributed by atoms with van der Waals surface area (Å²) in [5, 5.41) is 12.1. The molecule has 0 aromatic rings. The van der Waals surface area contributed by atoms with Gasteiger partial charge < -0.3 is 15.2 Å². The summed E-state index contributed by atoms with van der Waals surface area (Å²) in [5.41, 5.74) is -0.868. The van der Waals surface area contributed by atoms with Crippen LogP contribution in [0.1, 0.15) is 40.5 Å². The Kier molecular flexibility index (Phi) is 7.34. The van der Waals surface area contributed by atoms with Crippen molar-refractivity contribution in [3.05, 3.63) is 0 Å². The van der Waals surface area contributed by atoms with Gasteiger partial charge in [0.2, 0.25) is 0 Å². The molecule has 0 aliphatic rings. The van der Waals surface area contributed by atoms with E-state index >= 15 is 0 Å². The third-order valence-corrected chi connectivity index (χ3v) is 2.62. The maximum absolute atomic E-state index is 11.1. The Balaban J connectivity index is 3.81. The average molecular weight is 231 g/mol. The highest BCUT2D eigenvalue weighted by Gasteiger charge is 2.31. The van der Waals surface area contributed by atoms with Gasteiger partial charge in [-0.2, -0.15) is 0 Å². The van der Waals surface area contributed by atoms with Gasteiger partial charge in [0, 0.05) is 13.2 Å². The molecule has 0 spiro atoms. The fourth-order valence-electron chi connectivity index (χ4n) is 1.36. The lowest BCUT2D eigenvalue weighted by Crippen LogP contribution is -2.50. The first-order valence-corrected chi connectivity index (χ1v) is 5.98. The van der Waals surface area contributed by atoms with Crippen molar-refractivity contribution in [2.75, 3.05) is 19.8 Å². The molecule has 2 N–H and O–H groups in total. The van der Waals surface area contributed by atoms with Crippen LogP contribution in [-0.2, 0) is 9.53 Å². The van der Waals surface area contributed by atoms with E-state index in [1.807, 2.05) is 6.92 Å². The van der Waals surface area contributed by atoms with E-state index in [9.17, 15) is 4.79 Å². The van der Waals surface area contributed by atoms with Crippen molar-refractivity contribution in [2.45, 2.75) is 46.1 Å². The molecule has 16 heavy (non-hydrogen) atoms. The van der Waals surface area contributed by atoms with Crippen molar-refractivity contribution >= 4 is 5.97 Å². The molecule has 0 fully saturated rings. The highest BCUT2D eigenvalue weighted by atomic mass is 16.5. The summed E-state index contributed by atoms with van der Waals surface area (Å²) in [6.45, 7) is 9.73. The van der Waals surface area contributed by atoms with Crippen LogP contribution in [0.25, 0.3) is 0 Å². The lowest BCUT2D eigenvalue weighted by atomic mass is 9.98. The third kappa shape index (κ3) is 6.08. The fourth-order valence-corrected chi connectivity index (χ4v) is 1.36. The highest BCUT2D eigenvalue weighted by Crippen LogP contribution is 2.10. The quantitative estimate of drug-likeness (QED) is 0.595. The molecule has 0 saturated heterocycles. The van der Waals surface area contributed by atoms with E-state index in [2.05, 4.69) is 19.2 Å². The number of carbonyl (C=O) groups is 1. The SMILES string of the molecule is CCNC(C)(CCOCCC(C)C)C(=O)O. The summed E-state index contributed by atoms with van der Waals surface area (Å²) in [7, 11) is 0. The Morgan fingerprint density at radius 3 is 2.50 bits per heavy atom. The van der Waals surface area contributed by atoms with E-state index in [1.54, 1.807) is 6.92 Å². The van der Waals surface area contributed by atoms with Gasteiger partial charge in [0.05, 0.1) is 0 Å². The molecule has 96 valence electrons. The summed E-state index contributed by atoms with van der Waals surface area (Å²) < 4.78 is 5.43. The van der Waals surface area contributed by atoms with Crippen LogP contribution >= 0.6 is 0 Å². The van der Waals surface area contributed by atoms with Crippen LogP contribution in [0, 0.1) is 5.92 Å². The molecule has 4 nitrogen and oxygen atoms in total. The minimum atomic E-state index is -0.868. The van der Waals surface area contributed by atoms with E-state index in [0.717, 1.165) is 6.42 Å². The molecular formula is C12H25NO3. The molecule has 0 aliphatic heterocycles. The van der Waals surface area contributed by atoms with Gasteiger partial charge in [-0.05, 0) is 32.2 Å². The Morgan fingerprint density at radius 1 is 1.44 bits per heavy atom. The zero-order valence-corrected chi connectivity index (χ0v) is 10.9. The second-order valence-corrected chi connectivity index (χ2v) is 4.71. The third-order valence-electron chi connectivity index (χ3n) is 2.62. The molecule has 1 unspecified atom stereocenters. The van der Waals surface area contributed by atoms with Crippen molar-refractivity contribution < 1.29 is 14.6 Å². The van der Waals surface area contributed by atoms with Gasteiger partial charge in [-0.15, -0.1) is 0 Å². The van der Waals surface area contributed by atoms with Gasteiger partial charge in [-0.25, -0.2) is 0 Å². The van der Waals surface area contributed by atoms with Crippen molar-refractivity contribution in [3.63, 3.8) is 0 Å². The lowest BCUT2D eigenvalue weighted by molar-refractivity contribution is -0.145. The highest BCUT2D eigenvalue weighted by molar-refractivity contribution is 5.78. The molecule has 0 aromatic heterocycles. The number of aliphatic carboxylic acids is 1. The van der Waals surface area contributed by atoms with Gasteiger partial charge in [0.25, 0.3) is 0 Å². The standard InChI is InChI=1S/C12H25NO3/c1-5-13-12(4,11(14)15)7-9-16-8-6-10(2)3/h10,13H,5-9H2,1-4H3,(H,14,15). The van der Waals surface area contributed by atoms with Crippen molar-refractivity contribution in [2.24, 2.45) is 5.92 Å². The van der Waals surface area contributed by atoms with Crippen LogP contribution in [-0.4, -0.2) is 36.4 Å². The predicted molar refractivity (Wildman–Crippen MR) is 64.6 cm³/mol. The molecule has 0 bridgehead atoms. The molecule has 0 rings (SSSR count). The van der Waals surface area contributed by atoms with Gasteiger partial charge >= 0.3 is 5.97 Å². The first-order chi connectivity index (χ1) is 7.42. The van der Waals surface area contributed by atoms with Gasteiger partial charge in [-0.1, -0.05) is 20.8 Å². The van der Waals surface area contributed by atoms with E-state index in [4.69, 9.17) is 9.84 Å². The van der Waals surface area contributed by atoms with E-state index in [1.165, 1.54) is 0 Å². The number of carboxylic acids is 1. The first-order valence-electron chi connectivity index (χ1n) is 5.98.